The maximum Gasteiger partial charge on any atom is 0.221 e. The van der Waals surface area contributed by atoms with E-state index in [1.807, 2.05) is 12.1 Å². The lowest BCUT2D eigenvalue weighted by molar-refractivity contribution is -0.120. The van der Waals surface area contributed by atoms with E-state index in [0.29, 0.717) is 18.9 Å². The zero-order chi connectivity index (χ0) is 13.4. The quantitative estimate of drug-likeness (QED) is 0.779. The van der Waals surface area contributed by atoms with Gasteiger partial charge in [0.2, 0.25) is 5.91 Å². The number of benzene rings is 1. The van der Waals surface area contributed by atoms with Crippen molar-refractivity contribution in [2.45, 2.75) is 33.6 Å². The number of rotatable bonds is 7. The molecule has 0 aromatic heterocycles. The first-order chi connectivity index (χ1) is 8.58. The predicted molar refractivity (Wildman–Crippen MR) is 76.8 cm³/mol. The fraction of sp³-hybridized carbons (Fsp3) is 0.533. The Kier molecular flexibility index (Phi) is 6.26. The number of amides is 1. The highest BCUT2D eigenvalue weighted by Crippen LogP contribution is 2.08. The summed E-state index contributed by atoms with van der Waals surface area (Å²) in [5.41, 5.74) is 2.31. The van der Waals surface area contributed by atoms with E-state index in [2.05, 4.69) is 43.5 Å². The third-order valence-corrected chi connectivity index (χ3v) is 2.78. The summed E-state index contributed by atoms with van der Waals surface area (Å²) in [4.78, 5) is 11.5. The Morgan fingerprint density at radius 2 is 1.83 bits per heavy atom. The molecule has 0 aliphatic heterocycles. The minimum atomic E-state index is 0.121. The Morgan fingerprint density at radius 1 is 1.17 bits per heavy atom. The molecule has 0 radical (unpaired) electrons. The molecule has 0 bridgehead atoms. The van der Waals surface area contributed by atoms with Gasteiger partial charge in [-0.1, -0.05) is 31.5 Å². The van der Waals surface area contributed by atoms with Crippen molar-refractivity contribution < 1.29 is 4.79 Å². The molecule has 0 atom stereocenters. The van der Waals surface area contributed by atoms with Crippen molar-refractivity contribution in [3.63, 3.8) is 0 Å². The van der Waals surface area contributed by atoms with Crippen LogP contribution in [-0.4, -0.2) is 19.0 Å². The largest absolute Gasteiger partial charge is 0.385 e. The highest BCUT2D eigenvalue weighted by molar-refractivity contribution is 5.76. The second-order valence-electron chi connectivity index (χ2n) is 5.08. The monoisotopic (exact) mass is 248 g/mol. The van der Waals surface area contributed by atoms with Crippen LogP contribution in [0.3, 0.4) is 0 Å². The average molecular weight is 248 g/mol. The number of anilines is 1. The predicted octanol–water partition coefficient (Wildman–Crippen LogP) is 2.96. The molecule has 0 saturated heterocycles. The summed E-state index contributed by atoms with van der Waals surface area (Å²) in [6.45, 7) is 7.83. The van der Waals surface area contributed by atoms with Gasteiger partial charge in [0.1, 0.15) is 0 Å². The normalized spacial score (nSPS) is 10.4. The average Bonchev–Trinajstić information content (AvgIpc) is 2.31. The van der Waals surface area contributed by atoms with Crippen molar-refractivity contribution in [3.05, 3.63) is 29.8 Å². The van der Waals surface area contributed by atoms with Gasteiger partial charge in [-0.15, -0.1) is 0 Å². The van der Waals surface area contributed by atoms with Gasteiger partial charge >= 0.3 is 0 Å². The molecule has 0 fully saturated rings. The minimum Gasteiger partial charge on any atom is -0.385 e. The maximum atomic E-state index is 11.5. The van der Waals surface area contributed by atoms with Crippen molar-refractivity contribution in [3.8, 4) is 0 Å². The Hall–Kier alpha value is -1.51. The van der Waals surface area contributed by atoms with E-state index in [0.717, 1.165) is 18.7 Å². The third kappa shape index (κ3) is 6.28. The number of hydrogen-bond donors (Lipinski definition) is 2. The highest BCUT2D eigenvalue weighted by Gasteiger charge is 2.01. The van der Waals surface area contributed by atoms with Crippen LogP contribution in [0.4, 0.5) is 5.69 Å². The van der Waals surface area contributed by atoms with Crippen molar-refractivity contribution in [2.75, 3.05) is 18.4 Å². The molecule has 2 N–H and O–H groups in total. The molecular weight excluding hydrogens is 224 g/mol. The lowest BCUT2D eigenvalue weighted by atomic mass is 10.1. The standard InChI is InChI=1S/C15H24N2O/c1-12(2)8-10-17-15(18)9-11-16-14-6-4-13(3)5-7-14/h4-7,12,16H,8-11H2,1-3H3,(H,17,18). The highest BCUT2D eigenvalue weighted by atomic mass is 16.1. The molecule has 0 saturated carbocycles. The van der Waals surface area contributed by atoms with E-state index < -0.39 is 0 Å². The van der Waals surface area contributed by atoms with Crippen LogP contribution in [0.1, 0.15) is 32.3 Å². The molecule has 0 unspecified atom stereocenters. The fourth-order valence-electron chi connectivity index (χ4n) is 1.58. The molecule has 18 heavy (non-hydrogen) atoms. The molecule has 100 valence electrons. The van der Waals surface area contributed by atoms with E-state index in [9.17, 15) is 4.79 Å². The van der Waals surface area contributed by atoms with Gasteiger partial charge in [0.05, 0.1) is 0 Å². The van der Waals surface area contributed by atoms with Crippen LogP contribution in [-0.2, 0) is 4.79 Å². The Labute approximate surface area is 110 Å². The number of hydrogen-bond acceptors (Lipinski definition) is 2. The third-order valence-electron chi connectivity index (χ3n) is 2.78. The van der Waals surface area contributed by atoms with Gasteiger partial charge in [-0.25, -0.2) is 0 Å². The summed E-state index contributed by atoms with van der Waals surface area (Å²) in [7, 11) is 0. The van der Waals surface area contributed by atoms with Gasteiger partial charge in [0.25, 0.3) is 0 Å². The summed E-state index contributed by atoms with van der Waals surface area (Å²) in [5.74, 6) is 0.756. The molecular formula is C15H24N2O. The lowest BCUT2D eigenvalue weighted by Gasteiger charge is -2.08. The van der Waals surface area contributed by atoms with E-state index >= 15 is 0 Å². The van der Waals surface area contributed by atoms with Crippen LogP contribution in [0.25, 0.3) is 0 Å². The van der Waals surface area contributed by atoms with Crippen molar-refractivity contribution >= 4 is 11.6 Å². The minimum absolute atomic E-state index is 0.121. The topological polar surface area (TPSA) is 41.1 Å². The molecule has 0 heterocycles. The van der Waals surface area contributed by atoms with Crippen LogP contribution < -0.4 is 10.6 Å². The fourth-order valence-corrected chi connectivity index (χ4v) is 1.58. The summed E-state index contributed by atoms with van der Waals surface area (Å²) in [6, 6.07) is 8.19. The van der Waals surface area contributed by atoms with Crippen LogP contribution >= 0.6 is 0 Å². The second-order valence-corrected chi connectivity index (χ2v) is 5.08. The number of carbonyl (C=O) groups is 1. The van der Waals surface area contributed by atoms with E-state index in [1.165, 1.54) is 5.56 Å². The van der Waals surface area contributed by atoms with Gasteiger partial charge in [-0.2, -0.15) is 0 Å². The van der Waals surface area contributed by atoms with Gasteiger partial charge in [0.15, 0.2) is 0 Å². The summed E-state index contributed by atoms with van der Waals surface area (Å²) < 4.78 is 0. The first-order valence-corrected chi connectivity index (χ1v) is 6.65. The van der Waals surface area contributed by atoms with Crippen LogP contribution in [0.5, 0.6) is 0 Å². The van der Waals surface area contributed by atoms with Gasteiger partial charge < -0.3 is 10.6 Å². The lowest BCUT2D eigenvalue weighted by Crippen LogP contribution is -2.27. The zero-order valence-electron chi connectivity index (χ0n) is 11.6. The van der Waals surface area contributed by atoms with Gasteiger partial charge in [0, 0.05) is 25.2 Å². The SMILES string of the molecule is Cc1ccc(NCCC(=O)NCCC(C)C)cc1. The van der Waals surface area contributed by atoms with Crippen molar-refractivity contribution in [2.24, 2.45) is 5.92 Å². The van der Waals surface area contributed by atoms with Crippen molar-refractivity contribution in [1.29, 1.82) is 0 Å². The number of aryl methyl sites for hydroxylation is 1. The van der Waals surface area contributed by atoms with Crippen LogP contribution in [0.2, 0.25) is 0 Å². The molecule has 1 aromatic rings. The number of carbonyl (C=O) groups excluding carboxylic acids is 1. The first-order valence-electron chi connectivity index (χ1n) is 6.65. The molecule has 3 nitrogen and oxygen atoms in total. The first kappa shape index (κ1) is 14.6. The number of nitrogens with one attached hydrogen (secondary N) is 2. The molecule has 1 amide bonds. The molecule has 0 aliphatic rings. The smallest absolute Gasteiger partial charge is 0.221 e. The maximum absolute atomic E-state index is 11.5. The Balaban J connectivity index is 2.13. The Bertz CT molecular complexity index is 357. The van der Waals surface area contributed by atoms with Crippen molar-refractivity contribution in [1.82, 2.24) is 5.32 Å². The molecule has 1 rings (SSSR count). The zero-order valence-corrected chi connectivity index (χ0v) is 11.6. The molecule has 3 heteroatoms. The van der Waals surface area contributed by atoms with E-state index in [1.54, 1.807) is 0 Å². The van der Waals surface area contributed by atoms with Crippen LogP contribution in [0.15, 0.2) is 24.3 Å². The van der Waals surface area contributed by atoms with Crippen LogP contribution in [0, 0.1) is 12.8 Å². The second kappa shape index (κ2) is 7.75. The summed E-state index contributed by atoms with van der Waals surface area (Å²) in [5, 5.41) is 6.17. The molecule has 1 aromatic carbocycles. The van der Waals surface area contributed by atoms with Gasteiger partial charge in [-0.05, 0) is 31.4 Å². The van der Waals surface area contributed by atoms with E-state index in [4.69, 9.17) is 0 Å². The van der Waals surface area contributed by atoms with Gasteiger partial charge in [-0.3, -0.25) is 4.79 Å². The summed E-state index contributed by atoms with van der Waals surface area (Å²) in [6.07, 6.45) is 1.56. The van der Waals surface area contributed by atoms with E-state index in [-0.39, 0.29) is 5.91 Å². The molecule has 0 aliphatic carbocycles. The molecule has 0 spiro atoms. The Morgan fingerprint density at radius 3 is 2.44 bits per heavy atom. The summed E-state index contributed by atoms with van der Waals surface area (Å²) >= 11 is 0.